The molecule has 30 heavy (non-hydrogen) atoms. The molecular weight excluding hydrogens is 382 g/mol. The van der Waals surface area contributed by atoms with E-state index >= 15 is 0 Å². The van der Waals surface area contributed by atoms with Crippen molar-refractivity contribution in [3.63, 3.8) is 0 Å². The highest BCUT2D eigenvalue weighted by atomic mass is 16.5. The summed E-state index contributed by atoms with van der Waals surface area (Å²) in [6.45, 7) is 5.04. The minimum atomic E-state index is -0.124. The number of hydrogen-bond donors (Lipinski definition) is 0. The molecule has 4 rings (SSSR count). The van der Waals surface area contributed by atoms with Gasteiger partial charge in [-0.2, -0.15) is 4.98 Å². The van der Waals surface area contributed by atoms with Crippen molar-refractivity contribution >= 4 is 5.91 Å². The summed E-state index contributed by atoms with van der Waals surface area (Å²) in [6, 6.07) is 11.7. The first-order chi connectivity index (χ1) is 14.5. The Morgan fingerprint density at radius 3 is 2.70 bits per heavy atom. The largest absolute Gasteiger partial charge is 0.497 e. The van der Waals surface area contributed by atoms with Crippen LogP contribution in [0.5, 0.6) is 11.5 Å². The van der Waals surface area contributed by atoms with Gasteiger partial charge >= 0.3 is 0 Å². The van der Waals surface area contributed by atoms with Gasteiger partial charge in [0.2, 0.25) is 17.6 Å². The minimum absolute atomic E-state index is 0.0520. The van der Waals surface area contributed by atoms with E-state index in [4.69, 9.17) is 14.0 Å². The molecule has 3 aromatic rings. The number of methoxy groups -OCH3 is 2. The van der Waals surface area contributed by atoms with Crippen LogP contribution < -0.4 is 9.47 Å². The highest BCUT2D eigenvalue weighted by Crippen LogP contribution is 2.32. The zero-order valence-electron chi connectivity index (χ0n) is 17.6. The van der Waals surface area contributed by atoms with Crippen LogP contribution in [0.4, 0.5) is 0 Å². The predicted molar refractivity (Wildman–Crippen MR) is 112 cm³/mol. The highest BCUT2D eigenvalue weighted by Gasteiger charge is 2.34. The number of carbonyl (C=O) groups is 1. The van der Waals surface area contributed by atoms with Gasteiger partial charge in [-0.1, -0.05) is 28.9 Å². The van der Waals surface area contributed by atoms with Crippen LogP contribution in [0.15, 0.2) is 40.9 Å². The summed E-state index contributed by atoms with van der Waals surface area (Å²) in [5.41, 5.74) is 4.12. The zero-order valence-corrected chi connectivity index (χ0v) is 17.6. The fourth-order valence-corrected chi connectivity index (χ4v) is 3.88. The van der Waals surface area contributed by atoms with E-state index in [1.54, 1.807) is 19.1 Å². The Hall–Kier alpha value is -3.35. The van der Waals surface area contributed by atoms with Gasteiger partial charge in [-0.3, -0.25) is 4.79 Å². The quantitative estimate of drug-likeness (QED) is 0.617. The number of benzene rings is 2. The van der Waals surface area contributed by atoms with E-state index in [0.29, 0.717) is 31.2 Å². The lowest BCUT2D eigenvalue weighted by Crippen LogP contribution is -2.24. The molecule has 0 radical (unpaired) electrons. The van der Waals surface area contributed by atoms with Gasteiger partial charge in [0.15, 0.2) is 0 Å². The summed E-state index contributed by atoms with van der Waals surface area (Å²) in [4.78, 5) is 19.0. The molecule has 1 unspecified atom stereocenters. The molecule has 0 bridgehead atoms. The van der Waals surface area contributed by atoms with Crippen LogP contribution in [-0.2, 0) is 11.3 Å². The Kier molecular flexibility index (Phi) is 5.44. The number of aryl methyl sites for hydroxylation is 2. The number of likely N-dealkylation sites (tertiary alicyclic amines) is 1. The van der Waals surface area contributed by atoms with Crippen molar-refractivity contribution in [2.24, 2.45) is 0 Å². The molecule has 1 saturated heterocycles. The number of nitrogens with zero attached hydrogens (tertiary/aromatic N) is 3. The molecule has 1 amide bonds. The van der Waals surface area contributed by atoms with Crippen molar-refractivity contribution < 1.29 is 18.8 Å². The van der Waals surface area contributed by atoms with E-state index in [2.05, 4.69) is 23.1 Å². The predicted octanol–water partition coefficient (Wildman–Crippen LogP) is 3.89. The van der Waals surface area contributed by atoms with E-state index in [-0.39, 0.29) is 11.8 Å². The van der Waals surface area contributed by atoms with Gasteiger partial charge in [0, 0.05) is 30.6 Å². The molecule has 156 valence electrons. The Morgan fingerprint density at radius 2 is 1.97 bits per heavy atom. The summed E-state index contributed by atoms with van der Waals surface area (Å²) in [5.74, 6) is 2.43. The van der Waals surface area contributed by atoms with Gasteiger partial charge in [-0.15, -0.1) is 0 Å². The first kappa shape index (κ1) is 19.9. The molecule has 2 heterocycles. The van der Waals surface area contributed by atoms with Crippen LogP contribution in [0.1, 0.15) is 34.9 Å². The van der Waals surface area contributed by atoms with Gasteiger partial charge < -0.3 is 18.9 Å². The minimum Gasteiger partial charge on any atom is -0.497 e. The molecule has 0 saturated carbocycles. The third-order valence-corrected chi connectivity index (χ3v) is 5.48. The third-order valence-electron chi connectivity index (χ3n) is 5.48. The van der Waals surface area contributed by atoms with Crippen molar-refractivity contribution in [1.29, 1.82) is 0 Å². The van der Waals surface area contributed by atoms with Crippen LogP contribution >= 0.6 is 0 Å². The maximum Gasteiger partial charge on any atom is 0.232 e. The van der Waals surface area contributed by atoms with Crippen molar-refractivity contribution in [2.45, 2.75) is 32.7 Å². The molecule has 1 aromatic heterocycles. The average molecular weight is 407 g/mol. The summed E-state index contributed by atoms with van der Waals surface area (Å²) >= 11 is 0. The topological polar surface area (TPSA) is 77.7 Å². The summed E-state index contributed by atoms with van der Waals surface area (Å²) < 4.78 is 16.3. The molecule has 1 atom stereocenters. The second kappa shape index (κ2) is 8.18. The van der Waals surface area contributed by atoms with Crippen LogP contribution in [0.3, 0.4) is 0 Å². The first-order valence-electron chi connectivity index (χ1n) is 9.88. The van der Waals surface area contributed by atoms with Crippen LogP contribution in [0.2, 0.25) is 0 Å². The van der Waals surface area contributed by atoms with Gasteiger partial charge in [0.05, 0.1) is 20.1 Å². The summed E-state index contributed by atoms with van der Waals surface area (Å²) in [6.07, 6.45) is 0.348. The SMILES string of the molecule is COc1ccc(OC)c(CN2CC(c3nc(-c4ccc(C)cc4C)no3)CC2=O)c1. The van der Waals surface area contributed by atoms with E-state index in [1.165, 1.54) is 5.56 Å². The molecule has 2 aromatic carbocycles. The lowest BCUT2D eigenvalue weighted by Gasteiger charge is -2.18. The van der Waals surface area contributed by atoms with E-state index < -0.39 is 0 Å². The van der Waals surface area contributed by atoms with Crippen LogP contribution in [-0.4, -0.2) is 41.7 Å². The van der Waals surface area contributed by atoms with Crippen molar-refractivity contribution in [3.05, 3.63) is 59.0 Å². The fraction of sp³-hybridized carbons (Fsp3) is 0.348. The second-order valence-corrected chi connectivity index (χ2v) is 7.63. The Morgan fingerprint density at radius 1 is 1.13 bits per heavy atom. The van der Waals surface area contributed by atoms with Crippen LogP contribution in [0, 0.1) is 13.8 Å². The molecule has 1 aliphatic rings. The Bertz CT molecular complexity index is 1080. The smallest absolute Gasteiger partial charge is 0.232 e. The van der Waals surface area contributed by atoms with E-state index in [1.807, 2.05) is 37.3 Å². The standard InChI is InChI=1S/C23H25N3O4/c1-14-5-7-19(15(2)9-14)22-24-23(30-25-22)17-11-21(27)26(13-17)12-16-10-18(28-3)6-8-20(16)29-4/h5-10,17H,11-13H2,1-4H3. The lowest BCUT2D eigenvalue weighted by atomic mass is 10.1. The summed E-state index contributed by atoms with van der Waals surface area (Å²) in [7, 11) is 3.23. The molecular formula is C23H25N3O4. The average Bonchev–Trinajstić information content (AvgIpc) is 3.35. The molecule has 0 spiro atoms. The van der Waals surface area contributed by atoms with Crippen molar-refractivity contribution in [3.8, 4) is 22.9 Å². The third kappa shape index (κ3) is 3.87. The first-order valence-corrected chi connectivity index (χ1v) is 9.88. The molecule has 7 nitrogen and oxygen atoms in total. The van der Waals surface area contributed by atoms with Crippen LogP contribution in [0.25, 0.3) is 11.4 Å². The van der Waals surface area contributed by atoms with Crippen molar-refractivity contribution in [2.75, 3.05) is 20.8 Å². The van der Waals surface area contributed by atoms with E-state index in [9.17, 15) is 4.79 Å². The molecule has 7 heteroatoms. The monoisotopic (exact) mass is 407 g/mol. The number of aromatic nitrogens is 2. The normalized spacial score (nSPS) is 16.2. The van der Waals surface area contributed by atoms with Gasteiger partial charge in [0.1, 0.15) is 11.5 Å². The number of rotatable bonds is 6. The highest BCUT2D eigenvalue weighted by molar-refractivity contribution is 5.79. The summed E-state index contributed by atoms with van der Waals surface area (Å²) in [5, 5.41) is 4.15. The number of ether oxygens (including phenoxy) is 2. The molecule has 1 aliphatic heterocycles. The zero-order chi connectivity index (χ0) is 21.3. The van der Waals surface area contributed by atoms with E-state index in [0.717, 1.165) is 28.2 Å². The molecule has 0 aliphatic carbocycles. The maximum atomic E-state index is 12.6. The lowest BCUT2D eigenvalue weighted by molar-refractivity contribution is -0.128. The van der Waals surface area contributed by atoms with Crippen molar-refractivity contribution in [1.82, 2.24) is 15.0 Å². The van der Waals surface area contributed by atoms with Gasteiger partial charge in [-0.05, 0) is 37.6 Å². The Balaban J connectivity index is 1.51. The molecule has 0 N–H and O–H groups in total. The van der Waals surface area contributed by atoms with Gasteiger partial charge in [-0.25, -0.2) is 0 Å². The second-order valence-electron chi connectivity index (χ2n) is 7.63. The number of amides is 1. The molecule has 1 fully saturated rings. The number of hydrogen-bond acceptors (Lipinski definition) is 6. The van der Waals surface area contributed by atoms with Gasteiger partial charge in [0.25, 0.3) is 0 Å². The maximum absolute atomic E-state index is 12.6. The fourth-order valence-electron chi connectivity index (χ4n) is 3.88. The number of carbonyl (C=O) groups excluding carboxylic acids is 1. The Labute approximate surface area is 175 Å².